The van der Waals surface area contributed by atoms with Crippen molar-refractivity contribution >= 4 is 5.78 Å². The van der Waals surface area contributed by atoms with Gasteiger partial charge < -0.3 is 14.2 Å². The van der Waals surface area contributed by atoms with Crippen molar-refractivity contribution in [2.24, 2.45) is 0 Å². The molecule has 20 heavy (non-hydrogen) atoms. The first-order valence-electron chi connectivity index (χ1n) is 5.88. The molecule has 0 spiro atoms. The van der Waals surface area contributed by atoms with Gasteiger partial charge in [-0.05, 0) is 12.1 Å². The fraction of sp³-hybridized carbons (Fsp3) is 0.462. The van der Waals surface area contributed by atoms with Gasteiger partial charge in [0, 0.05) is 19.1 Å². The highest BCUT2D eigenvalue weighted by Gasteiger charge is 2.31. The summed E-state index contributed by atoms with van der Waals surface area (Å²) in [5, 5.41) is 0. The van der Waals surface area contributed by atoms with Crippen LogP contribution < -0.4 is 4.74 Å². The van der Waals surface area contributed by atoms with E-state index in [1.54, 1.807) is 0 Å². The number of ketones is 1. The second kappa shape index (κ2) is 7.86. The number of carbonyl (C=O) groups is 1. The summed E-state index contributed by atoms with van der Waals surface area (Å²) in [5.74, 6) is -0.723. The van der Waals surface area contributed by atoms with Gasteiger partial charge >= 0.3 is 6.36 Å². The van der Waals surface area contributed by atoms with Crippen LogP contribution in [-0.2, 0) is 9.47 Å². The highest BCUT2D eigenvalue weighted by molar-refractivity contribution is 5.96. The lowest BCUT2D eigenvalue weighted by atomic mass is 10.1. The maximum absolute atomic E-state index is 12.1. The number of benzene rings is 1. The number of halogens is 3. The Bertz CT molecular complexity index is 432. The number of rotatable bonds is 8. The van der Waals surface area contributed by atoms with Crippen LogP contribution in [0.4, 0.5) is 13.2 Å². The van der Waals surface area contributed by atoms with Crippen LogP contribution in [0.2, 0.25) is 0 Å². The molecule has 0 aliphatic rings. The van der Waals surface area contributed by atoms with Crippen molar-refractivity contribution in [3.05, 3.63) is 29.8 Å². The van der Waals surface area contributed by atoms with Crippen molar-refractivity contribution in [2.45, 2.75) is 12.8 Å². The monoisotopic (exact) mass is 292 g/mol. The zero-order valence-electron chi connectivity index (χ0n) is 10.9. The Labute approximate surface area is 114 Å². The van der Waals surface area contributed by atoms with Gasteiger partial charge in [0.15, 0.2) is 5.78 Å². The predicted molar refractivity (Wildman–Crippen MR) is 64.8 cm³/mol. The van der Waals surface area contributed by atoms with E-state index in [0.717, 1.165) is 12.1 Å². The van der Waals surface area contributed by atoms with Crippen LogP contribution in [0.5, 0.6) is 5.75 Å². The van der Waals surface area contributed by atoms with Gasteiger partial charge in [-0.3, -0.25) is 4.79 Å². The third-order valence-electron chi connectivity index (χ3n) is 2.29. The van der Waals surface area contributed by atoms with Crippen LogP contribution in [0.15, 0.2) is 24.3 Å². The van der Waals surface area contributed by atoms with Gasteiger partial charge in [-0.1, -0.05) is 12.1 Å². The van der Waals surface area contributed by atoms with E-state index >= 15 is 0 Å². The van der Waals surface area contributed by atoms with E-state index in [0.29, 0.717) is 13.2 Å². The fourth-order valence-corrected chi connectivity index (χ4v) is 1.42. The smallest absolute Gasteiger partial charge is 0.406 e. The Morgan fingerprint density at radius 2 is 1.95 bits per heavy atom. The molecular weight excluding hydrogens is 277 g/mol. The Morgan fingerprint density at radius 1 is 1.20 bits per heavy atom. The van der Waals surface area contributed by atoms with Gasteiger partial charge in [-0.25, -0.2) is 0 Å². The highest BCUT2D eigenvalue weighted by Crippen LogP contribution is 2.23. The lowest BCUT2D eigenvalue weighted by Crippen LogP contribution is -2.17. The Kier molecular flexibility index (Phi) is 6.47. The summed E-state index contributed by atoms with van der Waals surface area (Å²) in [6.07, 6.45) is -4.69. The third-order valence-corrected chi connectivity index (χ3v) is 2.29. The molecule has 0 amide bonds. The number of methoxy groups -OCH3 is 1. The standard InChI is InChI=1S/C13H15F3O4/c1-18-7-8-19-6-5-12(17)10-3-2-4-11(9-10)20-13(14,15)16/h2-4,9H,5-8H2,1H3. The molecule has 0 fully saturated rings. The summed E-state index contributed by atoms with van der Waals surface area (Å²) >= 11 is 0. The van der Waals surface area contributed by atoms with E-state index in [2.05, 4.69) is 4.74 Å². The Hall–Kier alpha value is -1.60. The van der Waals surface area contributed by atoms with Gasteiger partial charge in [0.1, 0.15) is 5.75 Å². The van der Waals surface area contributed by atoms with E-state index in [9.17, 15) is 18.0 Å². The van der Waals surface area contributed by atoms with Crippen molar-refractivity contribution in [1.82, 2.24) is 0 Å². The maximum Gasteiger partial charge on any atom is 0.573 e. The van der Waals surface area contributed by atoms with E-state index < -0.39 is 12.1 Å². The minimum atomic E-state index is -4.77. The van der Waals surface area contributed by atoms with E-state index in [4.69, 9.17) is 9.47 Å². The second-order valence-corrected chi connectivity index (χ2v) is 3.85. The SMILES string of the molecule is COCCOCCC(=O)c1cccc(OC(F)(F)F)c1. The van der Waals surface area contributed by atoms with E-state index in [1.165, 1.54) is 19.2 Å². The zero-order valence-corrected chi connectivity index (χ0v) is 10.9. The normalized spacial score (nSPS) is 11.4. The molecule has 112 valence electrons. The molecule has 0 radical (unpaired) electrons. The first kappa shape index (κ1) is 16.5. The molecular formula is C13H15F3O4. The third kappa shape index (κ3) is 6.53. The molecule has 0 bridgehead atoms. The van der Waals surface area contributed by atoms with Crippen LogP contribution in [0, 0.1) is 0 Å². The molecule has 0 saturated carbocycles. The fourth-order valence-electron chi connectivity index (χ4n) is 1.42. The average Bonchev–Trinajstić information content (AvgIpc) is 2.36. The lowest BCUT2D eigenvalue weighted by molar-refractivity contribution is -0.274. The zero-order chi connectivity index (χ0) is 15.0. The van der Waals surface area contributed by atoms with Gasteiger partial charge in [-0.2, -0.15) is 0 Å². The molecule has 0 N–H and O–H groups in total. The van der Waals surface area contributed by atoms with Crippen LogP contribution in [0.3, 0.4) is 0 Å². The summed E-state index contributed by atoms with van der Waals surface area (Å²) < 4.78 is 49.8. The highest BCUT2D eigenvalue weighted by atomic mass is 19.4. The average molecular weight is 292 g/mol. The minimum absolute atomic E-state index is 0.0825. The number of ether oxygens (including phenoxy) is 3. The van der Waals surface area contributed by atoms with Gasteiger partial charge in [-0.15, -0.1) is 13.2 Å². The molecule has 7 heteroatoms. The molecule has 1 rings (SSSR count). The van der Waals surface area contributed by atoms with E-state index in [-0.39, 0.29) is 24.4 Å². The molecule has 4 nitrogen and oxygen atoms in total. The van der Waals surface area contributed by atoms with Crippen LogP contribution >= 0.6 is 0 Å². The maximum atomic E-state index is 12.1. The van der Waals surface area contributed by atoms with Crippen LogP contribution in [0.25, 0.3) is 0 Å². The van der Waals surface area contributed by atoms with Gasteiger partial charge in [0.25, 0.3) is 0 Å². The molecule has 0 saturated heterocycles. The predicted octanol–water partition coefficient (Wildman–Crippen LogP) is 2.82. The topological polar surface area (TPSA) is 44.8 Å². The van der Waals surface area contributed by atoms with Gasteiger partial charge in [0.2, 0.25) is 0 Å². The first-order chi connectivity index (χ1) is 9.42. The Morgan fingerprint density at radius 3 is 2.60 bits per heavy atom. The quantitative estimate of drug-likeness (QED) is 0.546. The number of Topliss-reactive ketones (excluding diaryl/α,β-unsaturated/α-hetero) is 1. The molecule has 1 aromatic rings. The van der Waals surface area contributed by atoms with Crippen LogP contribution in [0.1, 0.15) is 16.8 Å². The molecule has 1 aromatic carbocycles. The Balaban J connectivity index is 2.49. The number of alkyl halides is 3. The largest absolute Gasteiger partial charge is 0.573 e. The van der Waals surface area contributed by atoms with Gasteiger partial charge in [0.05, 0.1) is 19.8 Å². The molecule has 0 aromatic heterocycles. The molecule has 0 aliphatic carbocycles. The summed E-state index contributed by atoms with van der Waals surface area (Å²) in [6.45, 7) is 0.969. The molecule has 0 aliphatic heterocycles. The summed E-state index contributed by atoms with van der Waals surface area (Å²) in [7, 11) is 1.53. The van der Waals surface area contributed by atoms with Crippen molar-refractivity contribution in [1.29, 1.82) is 0 Å². The molecule has 0 heterocycles. The van der Waals surface area contributed by atoms with Crippen molar-refractivity contribution < 1.29 is 32.2 Å². The number of hydrogen-bond acceptors (Lipinski definition) is 4. The lowest BCUT2D eigenvalue weighted by Gasteiger charge is -2.09. The van der Waals surface area contributed by atoms with Crippen molar-refractivity contribution in [2.75, 3.05) is 26.9 Å². The summed E-state index contributed by atoms with van der Waals surface area (Å²) in [5.41, 5.74) is 0.155. The minimum Gasteiger partial charge on any atom is -0.406 e. The summed E-state index contributed by atoms with van der Waals surface area (Å²) in [4.78, 5) is 11.7. The van der Waals surface area contributed by atoms with Crippen molar-refractivity contribution in [3.8, 4) is 5.75 Å². The first-order valence-corrected chi connectivity index (χ1v) is 5.88. The molecule has 0 unspecified atom stereocenters. The van der Waals surface area contributed by atoms with E-state index in [1.807, 2.05) is 0 Å². The second-order valence-electron chi connectivity index (χ2n) is 3.85. The number of carbonyl (C=O) groups excluding carboxylic acids is 1. The summed E-state index contributed by atoms with van der Waals surface area (Å²) in [6, 6.07) is 4.96. The van der Waals surface area contributed by atoms with Crippen molar-refractivity contribution in [3.63, 3.8) is 0 Å². The number of hydrogen-bond donors (Lipinski definition) is 0. The molecule has 0 atom stereocenters. The van der Waals surface area contributed by atoms with Crippen LogP contribution in [-0.4, -0.2) is 39.1 Å².